The molecule has 1 N–H and O–H groups in total. The van der Waals surface area contributed by atoms with Gasteiger partial charge in [0.2, 0.25) is 17.7 Å². The lowest BCUT2D eigenvalue weighted by molar-refractivity contribution is -0.137. The molecule has 4 aromatic rings. The summed E-state index contributed by atoms with van der Waals surface area (Å²) >= 11 is 1.75. The number of halogens is 3. The van der Waals surface area contributed by atoms with Crippen LogP contribution in [0.15, 0.2) is 82.6 Å². The van der Waals surface area contributed by atoms with Crippen LogP contribution in [-0.4, -0.2) is 34.6 Å². The highest BCUT2D eigenvalue weighted by molar-refractivity contribution is 8.00. The number of aryl methyl sites for hydroxylation is 1. The van der Waals surface area contributed by atoms with Gasteiger partial charge in [0.05, 0.1) is 29.3 Å². The molecule has 0 bridgehead atoms. The SMILES string of the molecule is COc1ccccc1[C@@H]1c2sc(=O)n(CC(=O)Nc3ccc(C)cc3)c2S[C@H]2C(=O)N(c3ccccc3C(F)(F)F)C(=O)[C@@H]12. The van der Waals surface area contributed by atoms with Crippen LogP contribution in [0, 0.1) is 12.8 Å². The Kier molecular flexibility index (Phi) is 7.62. The standard InChI is InChI=1S/C31H24F3N3O5S2/c1-16-11-13-17(14-12-16)35-22(38)15-36-29-26(44-30(36)41)23(18-7-3-6-10-21(18)42-2)24-25(43-29)28(40)37(27(24)39)20-9-5-4-8-19(20)31(32,33)34/h3-14,23-25H,15H2,1-2H3,(H,35,38)/t23-,24-,25+/m0/s1. The summed E-state index contributed by atoms with van der Waals surface area (Å²) in [7, 11) is 1.44. The Morgan fingerprint density at radius 3 is 2.34 bits per heavy atom. The van der Waals surface area contributed by atoms with Gasteiger partial charge in [0.25, 0.3) is 0 Å². The van der Waals surface area contributed by atoms with Gasteiger partial charge in [-0.15, -0.1) is 0 Å². The van der Waals surface area contributed by atoms with Crippen LogP contribution in [0.1, 0.15) is 27.5 Å². The Balaban J connectivity index is 1.45. The van der Waals surface area contributed by atoms with E-state index in [9.17, 15) is 32.3 Å². The lowest BCUT2D eigenvalue weighted by Crippen LogP contribution is -2.33. The average Bonchev–Trinajstić information content (AvgIpc) is 3.44. The molecule has 226 valence electrons. The molecule has 3 aromatic carbocycles. The second kappa shape index (κ2) is 11.3. The quantitative estimate of drug-likeness (QED) is 0.273. The zero-order chi connectivity index (χ0) is 31.3. The molecule has 13 heteroatoms. The largest absolute Gasteiger partial charge is 0.496 e. The number of ether oxygens (including phenoxy) is 1. The molecule has 8 nitrogen and oxygen atoms in total. The van der Waals surface area contributed by atoms with Crippen molar-refractivity contribution in [2.24, 2.45) is 5.92 Å². The van der Waals surface area contributed by atoms with E-state index in [4.69, 9.17) is 4.74 Å². The van der Waals surface area contributed by atoms with E-state index in [1.807, 2.05) is 19.1 Å². The monoisotopic (exact) mass is 639 g/mol. The molecule has 0 aliphatic carbocycles. The number of hydrogen-bond acceptors (Lipinski definition) is 7. The lowest BCUT2D eigenvalue weighted by atomic mass is 9.82. The number of nitrogens with zero attached hydrogens (tertiary/aromatic N) is 2. The summed E-state index contributed by atoms with van der Waals surface area (Å²) in [4.78, 5) is 54.9. The third-order valence-electron chi connectivity index (χ3n) is 7.61. The number of nitrogens with one attached hydrogen (secondary N) is 1. The van der Waals surface area contributed by atoms with Crippen molar-refractivity contribution in [1.29, 1.82) is 0 Å². The van der Waals surface area contributed by atoms with E-state index in [2.05, 4.69) is 5.32 Å². The molecule has 0 unspecified atom stereocenters. The van der Waals surface area contributed by atoms with Gasteiger partial charge < -0.3 is 10.1 Å². The minimum atomic E-state index is -4.82. The summed E-state index contributed by atoms with van der Waals surface area (Å²) in [6.07, 6.45) is -4.82. The highest BCUT2D eigenvalue weighted by atomic mass is 32.2. The molecule has 2 aliphatic heterocycles. The fourth-order valence-electron chi connectivity index (χ4n) is 5.64. The Hall–Kier alpha value is -4.36. The number of aromatic nitrogens is 1. The van der Waals surface area contributed by atoms with Crippen LogP contribution < -0.4 is 19.8 Å². The van der Waals surface area contributed by atoms with Gasteiger partial charge in [0, 0.05) is 22.0 Å². The highest BCUT2D eigenvalue weighted by Gasteiger charge is 2.58. The first-order valence-corrected chi connectivity index (χ1v) is 15.1. The highest BCUT2D eigenvalue weighted by Crippen LogP contribution is 2.55. The molecular weight excluding hydrogens is 615 g/mol. The number of rotatable bonds is 6. The Bertz CT molecular complexity index is 1850. The minimum absolute atomic E-state index is 0.309. The van der Waals surface area contributed by atoms with Crippen molar-refractivity contribution < 1.29 is 32.3 Å². The molecule has 1 fully saturated rings. The lowest BCUT2D eigenvalue weighted by Gasteiger charge is -2.31. The van der Waals surface area contributed by atoms with E-state index >= 15 is 0 Å². The van der Waals surface area contributed by atoms with Gasteiger partial charge in [-0.05, 0) is 37.3 Å². The van der Waals surface area contributed by atoms with Crippen molar-refractivity contribution >= 4 is 52.2 Å². The summed E-state index contributed by atoms with van der Waals surface area (Å²) in [6, 6.07) is 18.3. The smallest absolute Gasteiger partial charge is 0.418 e. The molecule has 3 amide bonds. The summed E-state index contributed by atoms with van der Waals surface area (Å²) in [5.74, 6) is -3.77. The minimum Gasteiger partial charge on any atom is -0.496 e. The van der Waals surface area contributed by atoms with Crippen LogP contribution in [0.5, 0.6) is 5.75 Å². The van der Waals surface area contributed by atoms with Gasteiger partial charge >= 0.3 is 11.0 Å². The predicted octanol–water partition coefficient (Wildman–Crippen LogP) is 5.68. The van der Waals surface area contributed by atoms with Crippen molar-refractivity contribution in [2.45, 2.75) is 35.8 Å². The number of amides is 3. The van der Waals surface area contributed by atoms with E-state index in [0.717, 1.165) is 40.8 Å². The molecule has 6 rings (SSSR count). The van der Waals surface area contributed by atoms with E-state index in [1.165, 1.54) is 23.8 Å². The molecule has 44 heavy (non-hydrogen) atoms. The molecule has 1 saturated heterocycles. The second-order valence-electron chi connectivity index (χ2n) is 10.3. The number of hydrogen-bond donors (Lipinski definition) is 1. The van der Waals surface area contributed by atoms with Crippen LogP contribution in [0.3, 0.4) is 0 Å². The van der Waals surface area contributed by atoms with Gasteiger partial charge in [0.1, 0.15) is 17.5 Å². The zero-order valence-corrected chi connectivity index (χ0v) is 24.9. The van der Waals surface area contributed by atoms with E-state index in [1.54, 1.807) is 36.4 Å². The summed E-state index contributed by atoms with van der Waals surface area (Å²) in [6.45, 7) is 1.54. The predicted molar refractivity (Wildman–Crippen MR) is 160 cm³/mol. The number of para-hydroxylation sites is 2. The first-order valence-electron chi connectivity index (χ1n) is 13.4. The van der Waals surface area contributed by atoms with Crippen molar-refractivity contribution in [3.05, 3.63) is 104 Å². The summed E-state index contributed by atoms with van der Waals surface area (Å²) in [5, 5.41) is 1.90. The van der Waals surface area contributed by atoms with Crippen molar-refractivity contribution in [1.82, 2.24) is 4.57 Å². The number of carbonyl (C=O) groups is 3. The maximum absolute atomic E-state index is 14.1. The van der Waals surface area contributed by atoms with Crippen LogP contribution in [0.2, 0.25) is 0 Å². The Morgan fingerprint density at radius 2 is 1.64 bits per heavy atom. The first kappa shape index (κ1) is 29.7. The van der Waals surface area contributed by atoms with Crippen molar-refractivity contribution in [3.8, 4) is 5.75 Å². The molecular formula is C31H24F3N3O5S2. The summed E-state index contributed by atoms with van der Waals surface area (Å²) < 4.78 is 48.8. The van der Waals surface area contributed by atoms with Crippen LogP contribution in [0.4, 0.5) is 24.5 Å². The third-order valence-corrected chi connectivity index (χ3v) is 10.2. The van der Waals surface area contributed by atoms with Gasteiger partial charge in [-0.2, -0.15) is 13.2 Å². The van der Waals surface area contributed by atoms with Gasteiger partial charge in [0.15, 0.2) is 0 Å². The van der Waals surface area contributed by atoms with Crippen molar-refractivity contribution in [2.75, 3.05) is 17.3 Å². The first-order chi connectivity index (χ1) is 21.0. The number of fused-ring (bicyclic) bond motifs is 2. The molecule has 3 heterocycles. The topological polar surface area (TPSA) is 97.7 Å². The van der Waals surface area contributed by atoms with E-state index in [0.29, 0.717) is 31.8 Å². The number of imide groups is 1. The molecule has 0 spiro atoms. The number of thiazole rings is 1. The molecule has 2 aliphatic rings. The van der Waals surface area contributed by atoms with Gasteiger partial charge in [-0.1, -0.05) is 71.1 Å². The van der Waals surface area contributed by atoms with Crippen LogP contribution in [-0.2, 0) is 27.1 Å². The van der Waals surface area contributed by atoms with Crippen LogP contribution >= 0.6 is 23.1 Å². The third kappa shape index (κ3) is 5.09. The Labute approximate surface area is 257 Å². The molecule has 0 saturated carbocycles. The fraction of sp³-hybridized carbons (Fsp3) is 0.226. The molecule has 0 radical (unpaired) electrons. The number of thioether (sulfide) groups is 1. The Morgan fingerprint density at radius 1 is 0.955 bits per heavy atom. The number of carbonyl (C=O) groups excluding carboxylic acids is 3. The maximum atomic E-state index is 14.1. The number of anilines is 2. The number of benzene rings is 3. The van der Waals surface area contributed by atoms with Gasteiger partial charge in [-0.25, -0.2) is 4.90 Å². The molecule has 1 aromatic heterocycles. The normalized spacial score (nSPS) is 19.5. The van der Waals surface area contributed by atoms with E-state index in [-0.39, 0.29) is 6.54 Å². The fourth-order valence-corrected chi connectivity index (χ4v) is 8.40. The maximum Gasteiger partial charge on any atom is 0.418 e. The van der Waals surface area contributed by atoms with Gasteiger partial charge in [-0.3, -0.25) is 23.7 Å². The van der Waals surface area contributed by atoms with Crippen LogP contribution in [0.25, 0.3) is 0 Å². The summed E-state index contributed by atoms with van der Waals surface area (Å²) in [5.41, 5.74) is 0.367. The number of methoxy groups -OCH3 is 1. The average molecular weight is 640 g/mol. The second-order valence-corrected chi connectivity index (χ2v) is 12.5. The zero-order valence-electron chi connectivity index (χ0n) is 23.3. The van der Waals surface area contributed by atoms with Crippen molar-refractivity contribution in [3.63, 3.8) is 0 Å². The molecule has 3 atom stereocenters. The van der Waals surface area contributed by atoms with E-state index < -0.39 is 57.1 Å². The number of alkyl halides is 3.